The maximum atomic E-state index is 13.7. The molecule has 1 heterocycles. The fourth-order valence-corrected chi connectivity index (χ4v) is 3.27. The van der Waals surface area contributed by atoms with Crippen LogP contribution in [0, 0.1) is 0 Å². The van der Waals surface area contributed by atoms with Crippen LogP contribution in [-0.4, -0.2) is 60.9 Å². The number of aliphatic imine (C=N–C) groups is 2. The Kier molecular flexibility index (Phi) is 7.65. The van der Waals surface area contributed by atoms with Crippen molar-refractivity contribution in [2.45, 2.75) is 31.7 Å². The highest BCUT2D eigenvalue weighted by Crippen LogP contribution is 2.42. The largest absolute Gasteiger partial charge is 0.350 e. The molecule has 0 bridgehead atoms. The fourth-order valence-electron chi connectivity index (χ4n) is 2.88. The third-order valence-electron chi connectivity index (χ3n) is 4.64. The van der Waals surface area contributed by atoms with E-state index in [0.717, 1.165) is 4.90 Å². The maximum absolute atomic E-state index is 13.7. The van der Waals surface area contributed by atoms with Gasteiger partial charge in [0.25, 0.3) is 5.91 Å². The molecule has 1 aromatic carbocycles. The third kappa shape index (κ3) is 5.39. The zero-order chi connectivity index (χ0) is 22.7. The smallest absolute Gasteiger partial charge is 0.323 e. The number of hydrogen-bond donors (Lipinski definition) is 1. The van der Waals surface area contributed by atoms with E-state index in [1.165, 1.54) is 31.3 Å². The summed E-state index contributed by atoms with van der Waals surface area (Å²) in [5.74, 6) is -8.69. The molecule has 1 amide bonds. The molecule has 0 aromatic heterocycles. The molecule has 1 aromatic rings. The number of amides is 1. The molecule has 1 unspecified atom stereocenters. The number of amidine groups is 1. The first-order valence-corrected chi connectivity index (χ1v) is 9.55. The van der Waals surface area contributed by atoms with Crippen LogP contribution < -0.4 is 5.32 Å². The van der Waals surface area contributed by atoms with Crippen molar-refractivity contribution >= 4 is 41.7 Å². The lowest BCUT2D eigenvalue weighted by Crippen LogP contribution is -2.44. The van der Waals surface area contributed by atoms with Crippen molar-refractivity contribution in [3.8, 4) is 0 Å². The molecule has 1 saturated heterocycles. The van der Waals surface area contributed by atoms with E-state index in [0.29, 0.717) is 11.4 Å². The number of nitrogens with one attached hydrogen (secondary N) is 1. The first-order valence-electron chi connectivity index (χ1n) is 8.79. The summed E-state index contributed by atoms with van der Waals surface area (Å²) in [6.07, 6.45) is 1.32. The second-order valence-electron chi connectivity index (χ2n) is 6.85. The molecule has 11 heteroatoms. The molecule has 1 N–H and O–H groups in total. The predicted octanol–water partition coefficient (Wildman–Crippen LogP) is 4.70. The van der Waals surface area contributed by atoms with E-state index < -0.39 is 36.9 Å². The molecule has 1 atom stereocenters. The van der Waals surface area contributed by atoms with E-state index in [1.807, 2.05) is 0 Å². The number of carbonyl (C=O) groups is 1. The highest BCUT2D eigenvalue weighted by atomic mass is 35.5. The minimum Gasteiger partial charge on any atom is -0.350 e. The van der Waals surface area contributed by atoms with Crippen LogP contribution in [0.15, 0.2) is 40.0 Å². The molecule has 1 aliphatic heterocycles. The first kappa shape index (κ1) is 24.3. The Labute approximate surface area is 181 Å². The van der Waals surface area contributed by atoms with Crippen LogP contribution in [0.3, 0.4) is 0 Å². The van der Waals surface area contributed by atoms with E-state index in [-0.39, 0.29) is 22.2 Å². The second-order valence-corrected chi connectivity index (χ2v) is 7.63. The second kappa shape index (κ2) is 9.45. The number of hydrogen-bond acceptors (Lipinski definition) is 3. The molecular formula is C19H20Cl2F4N4O. The summed E-state index contributed by atoms with van der Waals surface area (Å²) in [6.45, 7) is 3.86. The van der Waals surface area contributed by atoms with E-state index in [1.54, 1.807) is 6.92 Å². The number of halogens is 6. The highest BCUT2D eigenvalue weighted by molar-refractivity contribution is 6.43. The van der Waals surface area contributed by atoms with Gasteiger partial charge < -0.3 is 5.32 Å². The van der Waals surface area contributed by atoms with Crippen molar-refractivity contribution in [2.75, 3.05) is 19.6 Å². The predicted molar refractivity (Wildman–Crippen MR) is 110 cm³/mol. The van der Waals surface area contributed by atoms with Crippen molar-refractivity contribution in [3.05, 3.63) is 45.6 Å². The average molecular weight is 467 g/mol. The molecule has 5 nitrogen and oxygen atoms in total. The zero-order valence-corrected chi connectivity index (χ0v) is 17.7. The van der Waals surface area contributed by atoms with E-state index in [9.17, 15) is 22.4 Å². The maximum Gasteiger partial charge on any atom is 0.323 e. The molecule has 1 aliphatic rings. The summed E-state index contributed by atoms with van der Waals surface area (Å²) in [6, 6.07) is 3.49. The van der Waals surface area contributed by atoms with Gasteiger partial charge in [0.15, 0.2) is 0 Å². The van der Waals surface area contributed by atoms with Crippen LogP contribution in [0.5, 0.6) is 0 Å². The molecule has 164 valence electrons. The van der Waals surface area contributed by atoms with Gasteiger partial charge in [-0.25, -0.2) is 9.98 Å². The van der Waals surface area contributed by atoms with Crippen LogP contribution in [0.2, 0.25) is 10.0 Å². The Hall–Kier alpha value is -1.97. The fraction of sp³-hybridized carbons (Fsp3) is 0.421. The van der Waals surface area contributed by atoms with Gasteiger partial charge in [-0.3, -0.25) is 9.69 Å². The van der Waals surface area contributed by atoms with Crippen molar-refractivity contribution in [1.82, 2.24) is 10.2 Å². The lowest BCUT2D eigenvalue weighted by Gasteiger charge is -2.28. The number of nitrogens with zero attached hydrogens (tertiary/aromatic N) is 3. The number of likely N-dealkylation sites (tertiary alicyclic amines) is 1. The van der Waals surface area contributed by atoms with E-state index >= 15 is 0 Å². The topological polar surface area (TPSA) is 57.1 Å². The van der Waals surface area contributed by atoms with Gasteiger partial charge in [-0.2, -0.15) is 17.6 Å². The molecule has 0 spiro atoms. The van der Waals surface area contributed by atoms with Crippen molar-refractivity contribution in [2.24, 2.45) is 9.98 Å². The zero-order valence-electron chi connectivity index (χ0n) is 16.2. The van der Waals surface area contributed by atoms with Crippen LogP contribution in [0.1, 0.15) is 24.2 Å². The Morgan fingerprint density at radius 2 is 1.87 bits per heavy atom. The van der Waals surface area contributed by atoms with Gasteiger partial charge in [0.2, 0.25) is 0 Å². The summed E-state index contributed by atoms with van der Waals surface area (Å²) in [4.78, 5) is 21.0. The summed E-state index contributed by atoms with van der Waals surface area (Å²) in [5, 5.41) is 2.73. The third-order valence-corrected chi connectivity index (χ3v) is 5.46. The van der Waals surface area contributed by atoms with Gasteiger partial charge in [-0.05, 0) is 38.3 Å². The Morgan fingerprint density at radius 1 is 1.27 bits per heavy atom. The van der Waals surface area contributed by atoms with Crippen LogP contribution >= 0.6 is 23.2 Å². The summed E-state index contributed by atoms with van der Waals surface area (Å²) < 4.78 is 55.0. The van der Waals surface area contributed by atoms with Gasteiger partial charge in [0.05, 0.1) is 34.7 Å². The van der Waals surface area contributed by atoms with Crippen LogP contribution in [-0.2, 0) is 0 Å². The molecule has 2 rings (SSSR count). The monoisotopic (exact) mass is 466 g/mol. The quantitative estimate of drug-likeness (QED) is 0.375. The molecular weight excluding hydrogens is 447 g/mol. The van der Waals surface area contributed by atoms with Crippen LogP contribution in [0.4, 0.5) is 17.6 Å². The molecule has 0 saturated carbocycles. The number of benzene rings is 1. The van der Waals surface area contributed by atoms with Gasteiger partial charge in [0, 0.05) is 12.7 Å². The lowest BCUT2D eigenvalue weighted by atomic mass is 10.1. The minimum atomic E-state index is -4.19. The van der Waals surface area contributed by atoms with Gasteiger partial charge in [-0.15, -0.1) is 0 Å². The standard InChI is InChI=1S/C19H20Cl2F4N4O/c1-11(7-27-12(2)26-3)15(29-9-18(22,23)19(24,25)10-29)8-28-17(30)13-5-4-6-14(20)16(13)21/h4-7,15H,3,8-10H2,1-2H3,(H,28,30)/b11-7+,27-12-. The SMILES string of the molecule is C=N/C(C)=N\C=C(/C)C(CNC(=O)c1cccc(Cl)c1Cl)N1CC(F)(F)C(F)(F)C1. The highest BCUT2D eigenvalue weighted by Gasteiger charge is 2.63. The Morgan fingerprint density at radius 3 is 2.43 bits per heavy atom. The number of alkyl halides is 4. The number of carbonyl (C=O) groups excluding carboxylic acids is 1. The Balaban J connectivity index is 2.27. The molecule has 30 heavy (non-hydrogen) atoms. The Bertz CT molecular complexity index is 873. The lowest BCUT2D eigenvalue weighted by molar-refractivity contribution is -0.172. The van der Waals surface area contributed by atoms with Crippen molar-refractivity contribution < 1.29 is 22.4 Å². The summed E-state index contributed by atoms with van der Waals surface area (Å²) >= 11 is 11.9. The van der Waals surface area contributed by atoms with Crippen molar-refractivity contribution in [3.63, 3.8) is 0 Å². The molecule has 0 radical (unpaired) electrons. The van der Waals surface area contributed by atoms with E-state index in [2.05, 4.69) is 22.0 Å². The minimum absolute atomic E-state index is 0.0250. The molecule has 1 fully saturated rings. The first-order chi connectivity index (χ1) is 13.9. The van der Waals surface area contributed by atoms with Gasteiger partial charge in [0.1, 0.15) is 5.84 Å². The average Bonchev–Trinajstić information content (AvgIpc) is 2.88. The van der Waals surface area contributed by atoms with E-state index in [4.69, 9.17) is 23.2 Å². The van der Waals surface area contributed by atoms with Crippen LogP contribution in [0.25, 0.3) is 0 Å². The van der Waals surface area contributed by atoms with Gasteiger partial charge in [-0.1, -0.05) is 29.3 Å². The molecule has 0 aliphatic carbocycles. The normalized spacial score (nSPS) is 20.1. The summed E-state index contributed by atoms with van der Waals surface area (Å²) in [7, 11) is 0. The van der Waals surface area contributed by atoms with Gasteiger partial charge >= 0.3 is 11.8 Å². The number of rotatable bonds is 6. The van der Waals surface area contributed by atoms with Crippen molar-refractivity contribution in [1.29, 1.82) is 0 Å². The summed E-state index contributed by atoms with van der Waals surface area (Å²) in [5.41, 5.74) is 0.454.